The van der Waals surface area contributed by atoms with Crippen LogP contribution in [-0.2, 0) is 0 Å². The summed E-state index contributed by atoms with van der Waals surface area (Å²) in [6.45, 7) is 3.66. The predicted molar refractivity (Wildman–Crippen MR) is 92.1 cm³/mol. The molecule has 2 heterocycles. The largest absolute Gasteiger partial charge is 0.474 e. The number of nitrogens with zero attached hydrogens (tertiary/aromatic N) is 5. The van der Waals surface area contributed by atoms with E-state index in [9.17, 15) is 9.18 Å². The molecule has 0 saturated carbocycles. The van der Waals surface area contributed by atoms with E-state index in [-0.39, 0.29) is 28.3 Å². The van der Waals surface area contributed by atoms with E-state index < -0.39 is 11.7 Å². The van der Waals surface area contributed by atoms with Gasteiger partial charge in [0.1, 0.15) is 17.2 Å². The molecule has 134 valence electrons. The molecule has 0 saturated heterocycles. The summed E-state index contributed by atoms with van der Waals surface area (Å²) in [5.41, 5.74) is 0.628. The fraction of sp³-hybridized carbons (Fsp3) is 0.188. The first-order chi connectivity index (χ1) is 12.4. The summed E-state index contributed by atoms with van der Waals surface area (Å²) in [6.07, 6.45) is 2.56. The zero-order valence-corrected chi connectivity index (χ0v) is 14.6. The Hall–Kier alpha value is -3.07. The molecule has 3 aromatic rings. The van der Waals surface area contributed by atoms with Crippen LogP contribution in [0, 0.1) is 5.82 Å². The number of nitrogens with one attached hydrogen (secondary N) is 1. The van der Waals surface area contributed by atoms with Crippen LogP contribution >= 0.6 is 11.6 Å². The highest BCUT2D eigenvalue weighted by atomic mass is 35.5. The summed E-state index contributed by atoms with van der Waals surface area (Å²) >= 11 is 6.08. The number of pyridine rings is 1. The topological polar surface area (TPSA) is 94.8 Å². The lowest BCUT2D eigenvalue weighted by molar-refractivity contribution is 0.102. The second kappa shape index (κ2) is 7.44. The molecule has 8 nitrogen and oxygen atoms in total. The van der Waals surface area contributed by atoms with E-state index >= 15 is 0 Å². The van der Waals surface area contributed by atoms with Crippen LogP contribution in [0.2, 0.25) is 5.02 Å². The molecule has 3 rings (SSSR count). The summed E-state index contributed by atoms with van der Waals surface area (Å²) in [5, 5.41) is 13.4. The minimum absolute atomic E-state index is 0.0263. The van der Waals surface area contributed by atoms with Gasteiger partial charge >= 0.3 is 0 Å². The van der Waals surface area contributed by atoms with Crippen LogP contribution in [0.3, 0.4) is 0 Å². The average molecular weight is 377 g/mol. The summed E-state index contributed by atoms with van der Waals surface area (Å²) in [5.74, 6) is -0.942. The van der Waals surface area contributed by atoms with Crippen molar-refractivity contribution >= 4 is 23.2 Å². The standard InChI is InChI=1S/C16H14ClFN6O2/c1-9(2)26-16-12(17)5-10(7-19-16)15(25)21-14-6-11(3-4-13(14)18)24-8-20-22-23-24/h3-9H,1-2H3,(H,21,25). The molecule has 10 heteroatoms. The Morgan fingerprint density at radius 2 is 2.15 bits per heavy atom. The van der Waals surface area contributed by atoms with Crippen molar-refractivity contribution < 1.29 is 13.9 Å². The van der Waals surface area contributed by atoms with Gasteiger partial charge in [0.2, 0.25) is 5.88 Å². The fourth-order valence-electron chi connectivity index (χ4n) is 2.09. The van der Waals surface area contributed by atoms with Crippen molar-refractivity contribution in [2.24, 2.45) is 0 Å². The minimum atomic E-state index is -0.603. The first kappa shape index (κ1) is 17.7. The highest BCUT2D eigenvalue weighted by Crippen LogP contribution is 2.24. The van der Waals surface area contributed by atoms with Gasteiger partial charge < -0.3 is 10.1 Å². The molecule has 0 fully saturated rings. The summed E-state index contributed by atoms with van der Waals surface area (Å²) < 4.78 is 20.8. The molecule has 0 aliphatic rings. The third-order valence-electron chi connectivity index (χ3n) is 3.23. The number of hydrogen-bond donors (Lipinski definition) is 1. The van der Waals surface area contributed by atoms with E-state index in [1.807, 2.05) is 13.8 Å². The number of hydrogen-bond acceptors (Lipinski definition) is 6. The molecule has 26 heavy (non-hydrogen) atoms. The van der Waals surface area contributed by atoms with Crippen LogP contribution in [0.1, 0.15) is 24.2 Å². The normalized spacial score (nSPS) is 10.8. The minimum Gasteiger partial charge on any atom is -0.474 e. The van der Waals surface area contributed by atoms with E-state index in [4.69, 9.17) is 16.3 Å². The van der Waals surface area contributed by atoms with Crippen LogP contribution in [0.15, 0.2) is 36.8 Å². The maximum atomic E-state index is 14.0. The summed E-state index contributed by atoms with van der Waals surface area (Å²) in [7, 11) is 0. The lowest BCUT2D eigenvalue weighted by atomic mass is 10.2. The van der Waals surface area contributed by atoms with Gasteiger partial charge in [-0.15, -0.1) is 5.10 Å². The maximum Gasteiger partial charge on any atom is 0.257 e. The van der Waals surface area contributed by atoms with Gasteiger partial charge in [-0.3, -0.25) is 4.79 Å². The number of rotatable bonds is 5. The Morgan fingerprint density at radius 1 is 1.35 bits per heavy atom. The number of aromatic nitrogens is 5. The highest BCUT2D eigenvalue weighted by molar-refractivity contribution is 6.32. The molecule has 2 aromatic heterocycles. The zero-order chi connectivity index (χ0) is 18.7. The molecule has 0 atom stereocenters. The van der Waals surface area contributed by atoms with Gasteiger partial charge in [-0.1, -0.05) is 11.6 Å². The number of benzene rings is 1. The van der Waals surface area contributed by atoms with Gasteiger partial charge in [-0.2, -0.15) is 0 Å². The van der Waals surface area contributed by atoms with Crippen molar-refractivity contribution in [1.82, 2.24) is 25.2 Å². The molecule has 0 unspecified atom stereocenters. The Balaban J connectivity index is 1.82. The molecule has 0 bridgehead atoms. The van der Waals surface area contributed by atoms with Gasteiger partial charge in [-0.05, 0) is 48.5 Å². The summed E-state index contributed by atoms with van der Waals surface area (Å²) in [4.78, 5) is 16.4. The van der Waals surface area contributed by atoms with Crippen LogP contribution in [0.5, 0.6) is 5.88 Å². The molecular weight excluding hydrogens is 363 g/mol. The first-order valence-corrected chi connectivity index (χ1v) is 7.98. The van der Waals surface area contributed by atoms with Gasteiger partial charge in [-0.25, -0.2) is 14.1 Å². The van der Waals surface area contributed by atoms with E-state index in [2.05, 4.69) is 25.8 Å². The number of ether oxygens (including phenoxy) is 1. The Bertz CT molecular complexity index is 932. The monoisotopic (exact) mass is 376 g/mol. The third-order valence-corrected chi connectivity index (χ3v) is 3.50. The number of tetrazole rings is 1. The average Bonchev–Trinajstić information content (AvgIpc) is 3.12. The second-order valence-corrected chi connectivity index (χ2v) is 5.96. The van der Waals surface area contributed by atoms with Crippen LogP contribution < -0.4 is 10.1 Å². The second-order valence-electron chi connectivity index (χ2n) is 5.55. The number of carbonyl (C=O) groups excluding carboxylic acids is 1. The van der Waals surface area contributed by atoms with Crippen molar-refractivity contribution in [3.63, 3.8) is 0 Å². The Morgan fingerprint density at radius 3 is 2.81 bits per heavy atom. The van der Waals surface area contributed by atoms with E-state index in [0.29, 0.717) is 5.69 Å². The lowest BCUT2D eigenvalue weighted by Crippen LogP contribution is -2.14. The molecule has 0 aliphatic heterocycles. The molecule has 1 amide bonds. The van der Waals surface area contributed by atoms with Crippen LogP contribution in [0.25, 0.3) is 5.69 Å². The van der Waals surface area contributed by atoms with E-state index in [0.717, 1.165) is 0 Å². The van der Waals surface area contributed by atoms with Gasteiger partial charge in [0.05, 0.1) is 23.0 Å². The van der Waals surface area contributed by atoms with Crippen LogP contribution in [0.4, 0.5) is 10.1 Å². The summed E-state index contributed by atoms with van der Waals surface area (Å²) in [6, 6.07) is 5.51. The smallest absolute Gasteiger partial charge is 0.257 e. The van der Waals surface area contributed by atoms with Gasteiger partial charge in [0.25, 0.3) is 5.91 Å². The lowest BCUT2D eigenvalue weighted by Gasteiger charge is -2.11. The molecular formula is C16H14ClFN6O2. The number of carbonyl (C=O) groups is 1. The van der Waals surface area contributed by atoms with Crippen molar-refractivity contribution in [2.75, 3.05) is 5.32 Å². The van der Waals surface area contributed by atoms with Crippen molar-refractivity contribution in [2.45, 2.75) is 20.0 Å². The number of halogens is 2. The number of amides is 1. The Labute approximate surface area is 153 Å². The van der Waals surface area contributed by atoms with Crippen molar-refractivity contribution in [1.29, 1.82) is 0 Å². The molecule has 0 radical (unpaired) electrons. The quantitative estimate of drug-likeness (QED) is 0.735. The van der Waals surface area contributed by atoms with Gasteiger partial charge in [0, 0.05) is 6.20 Å². The van der Waals surface area contributed by atoms with Crippen molar-refractivity contribution in [3.05, 3.63) is 53.2 Å². The zero-order valence-electron chi connectivity index (χ0n) is 13.8. The molecule has 1 N–H and O–H groups in total. The van der Waals surface area contributed by atoms with E-state index in [1.54, 1.807) is 0 Å². The van der Waals surface area contributed by atoms with E-state index in [1.165, 1.54) is 41.5 Å². The maximum absolute atomic E-state index is 14.0. The van der Waals surface area contributed by atoms with Crippen LogP contribution in [-0.4, -0.2) is 37.2 Å². The Kier molecular flexibility index (Phi) is 5.08. The molecule has 1 aromatic carbocycles. The molecule has 0 spiro atoms. The fourth-order valence-corrected chi connectivity index (χ4v) is 2.30. The SMILES string of the molecule is CC(C)Oc1ncc(C(=O)Nc2cc(-n3cnnn3)ccc2F)cc1Cl. The first-order valence-electron chi connectivity index (χ1n) is 7.60. The third kappa shape index (κ3) is 3.94. The molecule has 0 aliphatic carbocycles. The highest BCUT2D eigenvalue weighted by Gasteiger charge is 2.14. The number of anilines is 1. The predicted octanol–water partition coefficient (Wildman–Crippen LogP) is 2.89. The van der Waals surface area contributed by atoms with Gasteiger partial charge in [0.15, 0.2) is 0 Å². The van der Waals surface area contributed by atoms with Crippen molar-refractivity contribution in [3.8, 4) is 11.6 Å².